The molecular weight excluding hydrogens is 217 g/mol. The zero-order valence-electron chi connectivity index (χ0n) is 5.25. The number of hydrogen-bond donors (Lipinski definition) is 0. The Morgan fingerprint density at radius 1 is 1.38 bits per heavy atom. The first-order valence-corrected chi connectivity index (χ1v) is 6.97. The van der Waals surface area contributed by atoms with E-state index in [4.69, 9.17) is 0 Å². The van der Waals surface area contributed by atoms with Crippen LogP contribution in [0.2, 0.25) is 4.44 Å². The van der Waals surface area contributed by atoms with Gasteiger partial charge in [0.15, 0.2) is 0 Å². The summed E-state index contributed by atoms with van der Waals surface area (Å²) in [5.41, 5.74) is 0. The van der Waals surface area contributed by atoms with E-state index in [9.17, 15) is 5.73 Å². The van der Waals surface area contributed by atoms with Crippen molar-refractivity contribution < 1.29 is 5.73 Å². The minimum absolute atomic E-state index is 0.250. The summed E-state index contributed by atoms with van der Waals surface area (Å²) in [7, 11) is 0. The number of hydrogen-bond acceptors (Lipinski definition) is 0. The van der Waals surface area contributed by atoms with Crippen LogP contribution in [-0.2, 0) is 0 Å². The van der Waals surface area contributed by atoms with E-state index < -0.39 is 20.9 Å². The molecule has 0 aromatic heterocycles. The van der Waals surface area contributed by atoms with E-state index in [-0.39, 0.29) is 4.44 Å². The third-order valence-electron chi connectivity index (χ3n) is 0.911. The molecule has 0 N–H and O–H groups in total. The Kier molecular flexibility index (Phi) is 4.90. The van der Waals surface area contributed by atoms with Crippen molar-refractivity contribution >= 4 is 20.9 Å². The predicted molar refractivity (Wildman–Crippen MR) is 32.2 cm³/mol. The summed E-state index contributed by atoms with van der Waals surface area (Å²) in [4.78, 5) is 0. The molecule has 0 fully saturated rings. The normalized spacial score (nSPS) is 10.1. The molecule has 0 nitrogen and oxygen atoms in total. The van der Waals surface area contributed by atoms with Crippen LogP contribution in [0, 0.1) is 5.92 Å². The Bertz CT molecular complexity index is 46.4. The molecule has 3 heteroatoms. The quantitative estimate of drug-likeness (QED) is 0.650. The van der Waals surface area contributed by atoms with Gasteiger partial charge in [0.1, 0.15) is 0 Å². The molecule has 0 spiro atoms. The topological polar surface area (TPSA) is 0 Å². The van der Waals surface area contributed by atoms with Crippen molar-refractivity contribution in [2.24, 2.45) is 5.92 Å². The first-order valence-electron chi connectivity index (χ1n) is 2.79. The summed E-state index contributed by atoms with van der Waals surface area (Å²) in [5, 5.41) is 0. The van der Waals surface area contributed by atoms with Crippen LogP contribution in [0.1, 0.15) is 20.3 Å². The zero-order valence-corrected chi connectivity index (χ0v) is 8.10. The third-order valence-corrected chi connectivity index (χ3v) is 2.81. The van der Waals surface area contributed by atoms with Crippen LogP contribution >= 0.6 is 0 Å². The molecule has 0 saturated carbocycles. The van der Waals surface area contributed by atoms with Gasteiger partial charge < -0.3 is 0 Å². The molecule has 0 aliphatic heterocycles. The molecule has 0 bridgehead atoms. The van der Waals surface area contributed by atoms with Crippen molar-refractivity contribution in [3.8, 4) is 0 Å². The molecule has 0 amide bonds. The fraction of sp³-hybridized carbons (Fsp3) is 1.00. The molecule has 48 valence electrons. The van der Waals surface area contributed by atoms with E-state index in [0.29, 0.717) is 5.92 Å². The van der Waals surface area contributed by atoms with Gasteiger partial charge in [0.05, 0.1) is 0 Å². The van der Waals surface area contributed by atoms with E-state index >= 15 is 0 Å². The number of halogens is 2. The summed E-state index contributed by atoms with van der Waals surface area (Å²) >= 11 is -3.69. The Morgan fingerprint density at radius 2 is 1.88 bits per heavy atom. The van der Waals surface area contributed by atoms with Gasteiger partial charge in [0.25, 0.3) is 0 Å². The van der Waals surface area contributed by atoms with Crippen LogP contribution in [-0.4, -0.2) is 20.9 Å². The second kappa shape index (κ2) is 4.53. The van der Waals surface area contributed by atoms with Gasteiger partial charge in [-0.3, -0.25) is 0 Å². The summed E-state index contributed by atoms with van der Waals surface area (Å²) in [6, 6.07) is 0. The van der Waals surface area contributed by atoms with Crippen molar-refractivity contribution in [3.63, 3.8) is 0 Å². The average molecular weight is 228 g/mol. The van der Waals surface area contributed by atoms with E-state index in [1.165, 1.54) is 0 Å². The second-order valence-corrected chi connectivity index (χ2v) is 5.63. The van der Waals surface area contributed by atoms with Crippen LogP contribution < -0.4 is 0 Å². The molecule has 0 aromatic rings. The Labute approximate surface area is 57.6 Å². The number of rotatable bonds is 3. The summed E-state index contributed by atoms with van der Waals surface area (Å²) < 4.78 is 23.4. The standard InChI is InChI=1S/C5H11.2FH.Sn/c1-4-5(2)3;;;/h5H,1,4H2,2-3H3;2*1H;/q;;;+3/p-2. The van der Waals surface area contributed by atoms with Crippen molar-refractivity contribution in [2.75, 3.05) is 0 Å². The van der Waals surface area contributed by atoms with E-state index in [0.717, 1.165) is 6.42 Å². The van der Waals surface area contributed by atoms with Crippen molar-refractivity contribution in [2.45, 2.75) is 24.7 Å². The maximum atomic E-state index is 11.6. The van der Waals surface area contributed by atoms with Crippen LogP contribution in [0.25, 0.3) is 0 Å². The van der Waals surface area contributed by atoms with Gasteiger partial charge in [-0.05, 0) is 0 Å². The van der Waals surface area contributed by atoms with Crippen molar-refractivity contribution in [1.82, 2.24) is 0 Å². The van der Waals surface area contributed by atoms with Gasteiger partial charge in [-0.15, -0.1) is 0 Å². The molecule has 8 heavy (non-hydrogen) atoms. The maximum absolute atomic E-state index is 11.6. The summed E-state index contributed by atoms with van der Waals surface area (Å²) in [6.45, 7) is 3.96. The Balaban J connectivity index is 2.93. The molecule has 0 aromatic carbocycles. The first-order chi connectivity index (χ1) is 3.63. The van der Waals surface area contributed by atoms with Gasteiger partial charge in [0, 0.05) is 0 Å². The molecule has 0 saturated heterocycles. The first kappa shape index (κ1) is 8.66. The fourth-order valence-corrected chi connectivity index (χ4v) is 2.67. The monoisotopic (exact) mass is 229 g/mol. The van der Waals surface area contributed by atoms with E-state index in [2.05, 4.69) is 0 Å². The molecule has 0 aliphatic carbocycles. The van der Waals surface area contributed by atoms with Crippen molar-refractivity contribution in [1.29, 1.82) is 0 Å². The summed E-state index contributed by atoms with van der Waals surface area (Å²) in [5.74, 6) is 0.456. The molecule has 0 radical (unpaired) electrons. The van der Waals surface area contributed by atoms with Gasteiger partial charge in [-0.1, -0.05) is 0 Å². The Morgan fingerprint density at radius 3 is 2.00 bits per heavy atom. The van der Waals surface area contributed by atoms with E-state index in [1.54, 1.807) is 0 Å². The predicted octanol–water partition coefficient (Wildman–Crippen LogP) is 2.46. The SMILES string of the molecule is CC(C)C[CH2][Sn+]([F])[F]. The van der Waals surface area contributed by atoms with E-state index in [1.807, 2.05) is 13.8 Å². The third kappa shape index (κ3) is 6.66. The van der Waals surface area contributed by atoms with Crippen LogP contribution in [0.3, 0.4) is 0 Å². The molecule has 0 atom stereocenters. The van der Waals surface area contributed by atoms with Crippen molar-refractivity contribution in [3.05, 3.63) is 0 Å². The molecular formula is C5H11F2Sn+. The fourth-order valence-electron chi connectivity index (χ4n) is 0.398. The molecule has 0 unspecified atom stereocenters. The molecule has 0 aliphatic rings. The van der Waals surface area contributed by atoms with Gasteiger partial charge in [0.2, 0.25) is 0 Å². The van der Waals surface area contributed by atoms with Gasteiger partial charge >= 0.3 is 57.3 Å². The minimum atomic E-state index is -3.69. The van der Waals surface area contributed by atoms with Gasteiger partial charge in [-0.25, -0.2) is 0 Å². The molecule has 0 rings (SSSR count). The van der Waals surface area contributed by atoms with Crippen LogP contribution in [0.4, 0.5) is 5.73 Å². The summed E-state index contributed by atoms with van der Waals surface area (Å²) in [6.07, 6.45) is 0.724. The molecule has 0 heterocycles. The van der Waals surface area contributed by atoms with Crippen LogP contribution in [0.15, 0.2) is 0 Å². The average Bonchev–Trinajstić information content (AvgIpc) is 1.61. The van der Waals surface area contributed by atoms with Gasteiger partial charge in [-0.2, -0.15) is 0 Å². The zero-order chi connectivity index (χ0) is 6.57. The Hall–Kier alpha value is 0.659. The second-order valence-electron chi connectivity index (χ2n) is 2.27. The van der Waals surface area contributed by atoms with Crippen LogP contribution in [0.5, 0.6) is 0 Å².